The van der Waals surface area contributed by atoms with Gasteiger partial charge in [-0.2, -0.15) is 0 Å². The highest BCUT2D eigenvalue weighted by Gasteiger charge is 2.19. The van der Waals surface area contributed by atoms with Gasteiger partial charge in [0.2, 0.25) is 0 Å². The summed E-state index contributed by atoms with van der Waals surface area (Å²) in [6.07, 6.45) is 2.71. The molecule has 27 heavy (non-hydrogen) atoms. The molecule has 0 unspecified atom stereocenters. The Balaban J connectivity index is 1.51. The predicted molar refractivity (Wildman–Crippen MR) is 103 cm³/mol. The minimum atomic E-state index is -0.542. The fourth-order valence-electron chi connectivity index (χ4n) is 2.87. The molecule has 0 spiro atoms. The molecule has 0 saturated heterocycles. The number of para-hydroxylation sites is 1. The standard InChI is InChI=1S/C22H23NO4/c1-3-16-8-10-17(11-9-16)15(2)23-21(24)14-27-22(25)19-12-18-6-4-5-7-20(18)26-13-19/h4-12,15H,3,13-14H2,1-2H3,(H,23,24)/t15-/m0/s1. The van der Waals surface area contributed by atoms with Crippen LogP contribution < -0.4 is 10.1 Å². The smallest absolute Gasteiger partial charge is 0.338 e. The highest BCUT2D eigenvalue weighted by atomic mass is 16.5. The summed E-state index contributed by atoms with van der Waals surface area (Å²) in [5.74, 6) is -0.150. The van der Waals surface area contributed by atoms with E-state index in [1.807, 2.05) is 55.5 Å². The Hall–Kier alpha value is -3.08. The first-order chi connectivity index (χ1) is 13.1. The summed E-state index contributed by atoms with van der Waals surface area (Å²) < 4.78 is 10.7. The lowest BCUT2D eigenvalue weighted by Gasteiger charge is -2.17. The number of ether oxygens (including phenoxy) is 2. The lowest BCUT2D eigenvalue weighted by atomic mass is 10.1. The Kier molecular flexibility index (Phi) is 5.91. The molecule has 1 aliphatic heterocycles. The largest absolute Gasteiger partial charge is 0.488 e. The molecule has 140 valence electrons. The van der Waals surface area contributed by atoms with Crippen molar-refractivity contribution in [3.8, 4) is 5.75 Å². The maximum Gasteiger partial charge on any atom is 0.338 e. The Labute approximate surface area is 159 Å². The molecule has 1 atom stereocenters. The van der Waals surface area contributed by atoms with Gasteiger partial charge >= 0.3 is 5.97 Å². The van der Waals surface area contributed by atoms with Gasteiger partial charge in [-0.05, 0) is 36.6 Å². The van der Waals surface area contributed by atoms with Crippen molar-refractivity contribution in [2.24, 2.45) is 0 Å². The van der Waals surface area contributed by atoms with Gasteiger partial charge in [-0.15, -0.1) is 0 Å². The average Bonchev–Trinajstić information content (AvgIpc) is 2.71. The van der Waals surface area contributed by atoms with Crippen LogP contribution in [0, 0.1) is 0 Å². The third kappa shape index (κ3) is 4.76. The number of fused-ring (bicyclic) bond motifs is 1. The second-order valence-corrected chi connectivity index (χ2v) is 6.46. The zero-order valence-corrected chi connectivity index (χ0v) is 15.5. The van der Waals surface area contributed by atoms with Gasteiger partial charge in [0.1, 0.15) is 12.4 Å². The Morgan fingerprint density at radius 1 is 1.15 bits per heavy atom. The van der Waals surface area contributed by atoms with E-state index in [1.165, 1.54) is 5.56 Å². The first-order valence-electron chi connectivity index (χ1n) is 9.04. The van der Waals surface area contributed by atoms with Crippen molar-refractivity contribution < 1.29 is 19.1 Å². The molecule has 0 aliphatic carbocycles. The fraction of sp³-hybridized carbons (Fsp3) is 0.273. The summed E-state index contributed by atoms with van der Waals surface area (Å²) in [6, 6.07) is 15.4. The van der Waals surface area contributed by atoms with Crippen molar-refractivity contribution in [2.45, 2.75) is 26.3 Å². The number of nitrogens with one attached hydrogen (secondary N) is 1. The maximum absolute atomic E-state index is 12.2. The van der Waals surface area contributed by atoms with E-state index in [4.69, 9.17) is 9.47 Å². The summed E-state index contributed by atoms with van der Waals surface area (Å²) in [5, 5.41) is 2.84. The number of esters is 1. The number of amides is 1. The van der Waals surface area contributed by atoms with Gasteiger partial charge in [-0.3, -0.25) is 4.79 Å². The second-order valence-electron chi connectivity index (χ2n) is 6.46. The molecular weight excluding hydrogens is 342 g/mol. The third-order valence-corrected chi connectivity index (χ3v) is 4.49. The Morgan fingerprint density at radius 2 is 1.89 bits per heavy atom. The van der Waals surface area contributed by atoms with Gasteiger partial charge in [-0.1, -0.05) is 49.4 Å². The summed E-state index contributed by atoms with van der Waals surface area (Å²) in [4.78, 5) is 24.3. The van der Waals surface area contributed by atoms with E-state index >= 15 is 0 Å². The normalized spacial score (nSPS) is 13.6. The number of aryl methyl sites for hydroxylation is 1. The lowest BCUT2D eigenvalue weighted by Crippen LogP contribution is -2.31. The lowest BCUT2D eigenvalue weighted by molar-refractivity contribution is -0.145. The van der Waals surface area contributed by atoms with Gasteiger partial charge in [0.15, 0.2) is 6.61 Å². The van der Waals surface area contributed by atoms with Crippen LogP contribution in [0.3, 0.4) is 0 Å². The first-order valence-corrected chi connectivity index (χ1v) is 9.04. The molecule has 1 heterocycles. The highest BCUT2D eigenvalue weighted by Crippen LogP contribution is 2.26. The van der Waals surface area contributed by atoms with Gasteiger partial charge in [0.05, 0.1) is 11.6 Å². The highest BCUT2D eigenvalue weighted by molar-refractivity contribution is 5.96. The van der Waals surface area contributed by atoms with Crippen LogP contribution in [0.1, 0.15) is 36.6 Å². The molecule has 5 heteroatoms. The molecule has 0 radical (unpaired) electrons. The van der Waals surface area contributed by atoms with Crippen LogP contribution in [0.15, 0.2) is 54.1 Å². The van der Waals surface area contributed by atoms with Crippen molar-refractivity contribution in [3.05, 3.63) is 70.8 Å². The molecule has 0 fully saturated rings. The van der Waals surface area contributed by atoms with Gasteiger partial charge in [0.25, 0.3) is 5.91 Å². The van der Waals surface area contributed by atoms with Crippen LogP contribution >= 0.6 is 0 Å². The molecule has 1 amide bonds. The quantitative estimate of drug-likeness (QED) is 0.797. The van der Waals surface area contributed by atoms with E-state index in [1.54, 1.807) is 6.08 Å². The summed E-state index contributed by atoms with van der Waals surface area (Å²) in [6.45, 7) is 3.81. The van der Waals surface area contributed by atoms with Crippen molar-refractivity contribution >= 4 is 18.0 Å². The summed E-state index contributed by atoms with van der Waals surface area (Å²) >= 11 is 0. The van der Waals surface area contributed by atoms with E-state index in [-0.39, 0.29) is 25.2 Å². The topological polar surface area (TPSA) is 64.6 Å². The Bertz CT molecular complexity index is 855. The molecule has 0 aromatic heterocycles. The van der Waals surface area contributed by atoms with E-state index in [9.17, 15) is 9.59 Å². The number of carbonyl (C=O) groups excluding carboxylic acids is 2. The van der Waals surface area contributed by atoms with E-state index in [2.05, 4.69) is 12.2 Å². The fourth-order valence-corrected chi connectivity index (χ4v) is 2.87. The van der Waals surface area contributed by atoms with Crippen LogP contribution in [0.4, 0.5) is 0 Å². The molecule has 2 aromatic rings. The second kappa shape index (κ2) is 8.54. The number of hydrogen-bond acceptors (Lipinski definition) is 4. The maximum atomic E-state index is 12.2. The number of hydrogen-bond donors (Lipinski definition) is 1. The summed E-state index contributed by atoms with van der Waals surface area (Å²) in [7, 11) is 0. The molecular formula is C22H23NO4. The molecule has 1 aliphatic rings. The Morgan fingerprint density at radius 3 is 2.63 bits per heavy atom. The molecule has 0 saturated carbocycles. The third-order valence-electron chi connectivity index (χ3n) is 4.49. The average molecular weight is 365 g/mol. The van der Waals surface area contributed by atoms with E-state index in [0.717, 1.165) is 23.3 Å². The van der Waals surface area contributed by atoms with Crippen LogP contribution in [0.2, 0.25) is 0 Å². The van der Waals surface area contributed by atoms with Gasteiger partial charge in [-0.25, -0.2) is 4.79 Å². The van der Waals surface area contributed by atoms with Crippen LogP contribution in [0.25, 0.3) is 6.08 Å². The zero-order valence-electron chi connectivity index (χ0n) is 15.5. The van der Waals surface area contributed by atoms with Crippen LogP contribution in [-0.2, 0) is 20.7 Å². The van der Waals surface area contributed by atoms with Crippen molar-refractivity contribution in [1.29, 1.82) is 0 Å². The zero-order chi connectivity index (χ0) is 19.2. The van der Waals surface area contributed by atoms with Crippen molar-refractivity contribution in [2.75, 3.05) is 13.2 Å². The van der Waals surface area contributed by atoms with Crippen molar-refractivity contribution in [3.63, 3.8) is 0 Å². The van der Waals surface area contributed by atoms with E-state index < -0.39 is 5.97 Å². The molecule has 1 N–H and O–H groups in total. The number of rotatable bonds is 6. The molecule has 3 rings (SSSR count). The minimum Gasteiger partial charge on any atom is -0.488 e. The monoisotopic (exact) mass is 365 g/mol. The van der Waals surface area contributed by atoms with E-state index in [0.29, 0.717) is 5.57 Å². The predicted octanol–water partition coefficient (Wildman–Crippen LogP) is 3.45. The minimum absolute atomic E-state index is 0.137. The van der Waals surface area contributed by atoms with Crippen LogP contribution in [-0.4, -0.2) is 25.1 Å². The molecule has 5 nitrogen and oxygen atoms in total. The molecule has 2 aromatic carbocycles. The van der Waals surface area contributed by atoms with Gasteiger partial charge < -0.3 is 14.8 Å². The molecule has 0 bridgehead atoms. The van der Waals surface area contributed by atoms with Gasteiger partial charge in [0, 0.05) is 5.56 Å². The van der Waals surface area contributed by atoms with Crippen LogP contribution in [0.5, 0.6) is 5.75 Å². The first kappa shape index (κ1) is 18.7. The van der Waals surface area contributed by atoms with Crippen molar-refractivity contribution in [1.82, 2.24) is 5.32 Å². The summed E-state index contributed by atoms with van der Waals surface area (Å²) in [5.41, 5.74) is 3.47. The number of carbonyl (C=O) groups is 2. The SMILES string of the molecule is CCc1ccc([C@H](C)NC(=O)COC(=O)C2=Cc3ccccc3OC2)cc1. The number of benzene rings is 2.